The molecule has 46 heavy (non-hydrogen) atoms. The molecular formula is C38H48ClN3O4. The Kier molecular flexibility index (Phi) is 10.6. The smallest absolute Gasteiger partial charge is 0.232 e. The van der Waals surface area contributed by atoms with Crippen molar-refractivity contribution in [2.45, 2.75) is 96.5 Å². The summed E-state index contributed by atoms with van der Waals surface area (Å²) in [5.74, 6) is 1.38. The summed E-state index contributed by atoms with van der Waals surface area (Å²) >= 11 is 6.30. The van der Waals surface area contributed by atoms with Gasteiger partial charge in [-0.3, -0.25) is 9.59 Å². The van der Waals surface area contributed by atoms with Crippen molar-refractivity contribution in [3.63, 3.8) is 0 Å². The normalized spacial score (nSPS) is 21.0. The van der Waals surface area contributed by atoms with Gasteiger partial charge in [0.2, 0.25) is 11.8 Å². The number of halogens is 1. The van der Waals surface area contributed by atoms with Crippen LogP contribution in [0.15, 0.2) is 60.7 Å². The molecule has 246 valence electrons. The Morgan fingerprint density at radius 1 is 0.957 bits per heavy atom. The first kappa shape index (κ1) is 33.8. The molecule has 1 aliphatic carbocycles. The number of carbonyl (C=O) groups excluding carboxylic acids is 2. The first-order valence-electron chi connectivity index (χ1n) is 16.5. The van der Waals surface area contributed by atoms with Crippen LogP contribution in [0, 0.1) is 0 Å². The fraction of sp³-hybridized carbons (Fsp3) is 0.474. The maximum absolute atomic E-state index is 14.0. The number of anilines is 1. The van der Waals surface area contributed by atoms with E-state index in [2.05, 4.69) is 49.9 Å². The van der Waals surface area contributed by atoms with Crippen molar-refractivity contribution in [3.8, 4) is 11.5 Å². The second kappa shape index (κ2) is 14.5. The van der Waals surface area contributed by atoms with Crippen LogP contribution in [0.2, 0.25) is 5.02 Å². The van der Waals surface area contributed by atoms with Crippen molar-refractivity contribution in [2.24, 2.45) is 0 Å². The van der Waals surface area contributed by atoms with Gasteiger partial charge in [-0.25, -0.2) is 0 Å². The minimum atomic E-state index is -0.387. The molecule has 3 aromatic rings. The molecule has 5 rings (SSSR count). The number of hydrogen-bond donors (Lipinski definition) is 0. The highest BCUT2D eigenvalue weighted by Crippen LogP contribution is 2.44. The predicted molar refractivity (Wildman–Crippen MR) is 185 cm³/mol. The Bertz CT molecular complexity index is 1520. The summed E-state index contributed by atoms with van der Waals surface area (Å²) in [5.41, 5.74) is 4.71. The second-order valence-corrected chi connectivity index (χ2v) is 13.5. The molecule has 0 saturated heterocycles. The van der Waals surface area contributed by atoms with E-state index in [-0.39, 0.29) is 42.5 Å². The van der Waals surface area contributed by atoms with Crippen molar-refractivity contribution in [2.75, 3.05) is 26.1 Å². The summed E-state index contributed by atoms with van der Waals surface area (Å²) in [4.78, 5) is 33.2. The summed E-state index contributed by atoms with van der Waals surface area (Å²) in [6.45, 7) is 7.91. The Labute approximate surface area is 279 Å². The minimum Gasteiger partial charge on any atom is -0.493 e. The molecule has 3 atom stereocenters. The van der Waals surface area contributed by atoms with Gasteiger partial charge in [0.25, 0.3) is 0 Å². The third kappa shape index (κ3) is 7.06. The third-order valence-corrected chi connectivity index (χ3v) is 10.2. The quantitative estimate of drug-likeness (QED) is 0.224. The molecule has 1 heterocycles. The number of rotatable bonds is 10. The molecule has 0 radical (unpaired) electrons. The first-order valence-corrected chi connectivity index (χ1v) is 16.9. The number of hydrogen-bond acceptors (Lipinski definition) is 5. The molecule has 7 nitrogen and oxygen atoms in total. The average Bonchev–Trinajstić information content (AvgIpc) is 3.04. The Morgan fingerprint density at radius 3 is 2.15 bits per heavy atom. The van der Waals surface area contributed by atoms with E-state index in [1.807, 2.05) is 60.4 Å². The van der Waals surface area contributed by atoms with Crippen LogP contribution in [-0.4, -0.2) is 61.0 Å². The van der Waals surface area contributed by atoms with E-state index in [0.717, 1.165) is 60.0 Å². The van der Waals surface area contributed by atoms with Gasteiger partial charge in [-0.05, 0) is 119 Å². The molecule has 1 fully saturated rings. The zero-order chi connectivity index (χ0) is 33.1. The van der Waals surface area contributed by atoms with Crippen LogP contribution in [0.5, 0.6) is 11.5 Å². The highest BCUT2D eigenvalue weighted by Gasteiger charge is 2.37. The number of ether oxygens (including phenoxy) is 2. The summed E-state index contributed by atoms with van der Waals surface area (Å²) < 4.78 is 12.0. The van der Waals surface area contributed by atoms with Crippen molar-refractivity contribution in [1.82, 2.24) is 9.80 Å². The summed E-state index contributed by atoms with van der Waals surface area (Å²) in [7, 11) is 5.90. The Morgan fingerprint density at radius 2 is 1.59 bits per heavy atom. The van der Waals surface area contributed by atoms with Crippen LogP contribution < -0.4 is 14.4 Å². The monoisotopic (exact) mass is 645 g/mol. The molecule has 8 heteroatoms. The third-order valence-electron chi connectivity index (χ3n) is 9.90. The fourth-order valence-electron chi connectivity index (χ4n) is 7.15. The number of carbonyl (C=O) groups is 2. The molecule has 2 amide bonds. The molecule has 3 aromatic carbocycles. The SMILES string of the molecule is CC[C@@H](C)Oc1cc2c(cc1OC)CC(=O)N(c1ccc(C(C)N(C(C)=O)C3CCC(N(C)C)CC3)cc1)C2c1ccc(Cl)cc1. The Hall–Kier alpha value is -3.55. The van der Waals surface area contributed by atoms with Gasteiger partial charge in [0.1, 0.15) is 0 Å². The largest absolute Gasteiger partial charge is 0.493 e. The maximum atomic E-state index is 14.0. The van der Waals surface area contributed by atoms with Crippen molar-refractivity contribution in [1.29, 1.82) is 0 Å². The molecule has 0 aromatic heterocycles. The standard InChI is InChI=1S/C38H48ClN3O4/c1-8-24(2)46-36-23-34-29(21-35(36)45-7)22-37(44)42(38(34)28-9-13-30(39)14-10-28)33-15-11-27(12-16-33)25(3)41(26(4)43)32-19-17-31(18-20-32)40(5)6/h9-16,21,23-25,31-32,38H,8,17-20,22H2,1-7H3/t24-,25?,31?,32?,38?/m1/s1. The Balaban J connectivity index is 1.49. The molecule has 1 aliphatic heterocycles. The summed E-state index contributed by atoms with van der Waals surface area (Å²) in [6, 6.07) is 20.1. The number of benzene rings is 3. The number of fused-ring (bicyclic) bond motifs is 1. The topological polar surface area (TPSA) is 62.3 Å². The van der Waals surface area contributed by atoms with E-state index in [1.165, 1.54) is 0 Å². The number of nitrogens with zero attached hydrogens (tertiary/aromatic N) is 3. The lowest BCUT2D eigenvalue weighted by Crippen LogP contribution is -2.45. The zero-order valence-corrected chi connectivity index (χ0v) is 29.0. The van der Waals surface area contributed by atoms with Gasteiger partial charge in [-0.15, -0.1) is 0 Å². The van der Waals surface area contributed by atoms with Crippen molar-refractivity contribution in [3.05, 3.63) is 87.9 Å². The molecule has 0 spiro atoms. The van der Waals surface area contributed by atoms with Crippen LogP contribution in [0.1, 0.15) is 94.1 Å². The van der Waals surface area contributed by atoms with Gasteiger partial charge in [0.15, 0.2) is 11.5 Å². The van der Waals surface area contributed by atoms with Gasteiger partial charge in [0, 0.05) is 29.7 Å². The fourth-order valence-corrected chi connectivity index (χ4v) is 7.27. The second-order valence-electron chi connectivity index (χ2n) is 13.1. The molecule has 2 aliphatic rings. The zero-order valence-electron chi connectivity index (χ0n) is 28.3. The lowest BCUT2D eigenvalue weighted by Gasteiger charge is -2.41. The van der Waals surface area contributed by atoms with E-state index in [1.54, 1.807) is 14.0 Å². The highest BCUT2D eigenvalue weighted by molar-refractivity contribution is 6.30. The van der Waals surface area contributed by atoms with E-state index in [9.17, 15) is 9.59 Å². The highest BCUT2D eigenvalue weighted by atomic mass is 35.5. The van der Waals surface area contributed by atoms with E-state index in [4.69, 9.17) is 21.1 Å². The minimum absolute atomic E-state index is 0.00564. The van der Waals surface area contributed by atoms with Crippen molar-refractivity contribution < 1.29 is 19.1 Å². The first-order chi connectivity index (χ1) is 22.0. The average molecular weight is 646 g/mol. The van der Waals surface area contributed by atoms with Gasteiger partial charge in [-0.1, -0.05) is 42.8 Å². The van der Waals surface area contributed by atoms with Crippen LogP contribution in [-0.2, 0) is 16.0 Å². The summed E-state index contributed by atoms with van der Waals surface area (Å²) in [5, 5.41) is 0.636. The predicted octanol–water partition coefficient (Wildman–Crippen LogP) is 7.99. The van der Waals surface area contributed by atoms with Gasteiger partial charge in [0.05, 0.1) is 31.7 Å². The van der Waals surface area contributed by atoms with Crippen molar-refractivity contribution >= 4 is 29.1 Å². The van der Waals surface area contributed by atoms with Gasteiger partial charge >= 0.3 is 0 Å². The lowest BCUT2D eigenvalue weighted by molar-refractivity contribution is -0.134. The molecule has 1 saturated carbocycles. The van der Waals surface area contributed by atoms with Crippen LogP contribution >= 0.6 is 11.6 Å². The van der Waals surface area contributed by atoms with Crippen LogP contribution in [0.25, 0.3) is 0 Å². The maximum Gasteiger partial charge on any atom is 0.232 e. The molecule has 0 bridgehead atoms. The van der Waals surface area contributed by atoms with Crippen LogP contribution in [0.3, 0.4) is 0 Å². The number of methoxy groups -OCH3 is 1. The molecule has 0 N–H and O–H groups in total. The van der Waals surface area contributed by atoms with E-state index in [0.29, 0.717) is 22.6 Å². The molecular weight excluding hydrogens is 598 g/mol. The van der Waals surface area contributed by atoms with Gasteiger partial charge < -0.3 is 24.2 Å². The number of amides is 2. The van der Waals surface area contributed by atoms with E-state index < -0.39 is 0 Å². The van der Waals surface area contributed by atoms with E-state index >= 15 is 0 Å². The van der Waals surface area contributed by atoms with Crippen LogP contribution in [0.4, 0.5) is 5.69 Å². The van der Waals surface area contributed by atoms with Gasteiger partial charge in [-0.2, -0.15) is 0 Å². The lowest BCUT2D eigenvalue weighted by atomic mass is 9.86. The molecule has 2 unspecified atom stereocenters. The summed E-state index contributed by atoms with van der Waals surface area (Å²) in [6.07, 6.45) is 5.29.